The second-order valence-corrected chi connectivity index (χ2v) is 7.38. The van der Waals surface area contributed by atoms with Crippen molar-refractivity contribution in [1.29, 1.82) is 0 Å². The van der Waals surface area contributed by atoms with E-state index < -0.39 is 6.10 Å². The highest BCUT2D eigenvalue weighted by molar-refractivity contribution is 5.80. The Labute approximate surface area is 145 Å². The Morgan fingerprint density at radius 2 is 2.04 bits per heavy atom. The summed E-state index contributed by atoms with van der Waals surface area (Å²) in [5, 5.41) is 7.57. The van der Waals surface area contributed by atoms with Crippen LogP contribution in [0.1, 0.15) is 52.4 Å². The molecule has 1 aliphatic heterocycles. The van der Waals surface area contributed by atoms with Crippen LogP contribution in [0, 0.1) is 5.92 Å². The van der Waals surface area contributed by atoms with Gasteiger partial charge in [-0.1, -0.05) is 13.8 Å². The molecule has 2 rings (SSSR count). The minimum Gasteiger partial charge on any atom is -0.366 e. The Kier molecular flexibility index (Phi) is 6.80. The third kappa shape index (κ3) is 5.60. The highest BCUT2D eigenvalue weighted by Gasteiger charge is 2.19. The van der Waals surface area contributed by atoms with Gasteiger partial charge < -0.3 is 10.1 Å². The molecule has 0 spiro atoms. The minimum atomic E-state index is -0.438. The zero-order valence-electron chi connectivity index (χ0n) is 15.7. The van der Waals surface area contributed by atoms with Crippen molar-refractivity contribution >= 4 is 5.91 Å². The zero-order chi connectivity index (χ0) is 17.7. The molecule has 0 saturated heterocycles. The largest absolute Gasteiger partial charge is 0.366 e. The monoisotopic (exact) mass is 336 g/mol. The van der Waals surface area contributed by atoms with E-state index in [4.69, 9.17) is 4.74 Å². The Bertz CT molecular complexity index is 539. The number of carbonyl (C=O) groups is 1. The molecule has 1 aromatic rings. The maximum absolute atomic E-state index is 12.0. The van der Waals surface area contributed by atoms with Crippen molar-refractivity contribution in [2.75, 3.05) is 13.1 Å². The molecule has 1 amide bonds. The van der Waals surface area contributed by atoms with Crippen LogP contribution in [-0.2, 0) is 29.2 Å². The molecular weight excluding hydrogens is 304 g/mol. The molecule has 6 heteroatoms. The summed E-state index contributed by atoms with van der Waals surface area (Å²) in [5.41, 5.74) is 2.16. The van der Waals surface area contributed by atoms with E-state index in [0.29, 0.717) is 12.5 Å². The summed E-state index contributed by atoms with van der Waals surface area (Å²) < 4.78 is 7.60. The van der Waals surface area contributed by atoms with Gasteiger partial charge in [0.1, 0.15) is 6.10 Å². The molecule has 1 N–H and O–H groups in total. The molecule has 6 nitrogen and oxygen atoms in total. The third-order valence-electron chi connectivity index (χ3n) is 4.06. The molecule has 0 bridgehead atoms. The number of carbonyl (C=O) groups excluding carboxylic acids is 1. The van der Waals surface area contributed by atoms with Crippen molar-refractivity contribution < 1.29 is 9.53 Å². The van der Waals surface area contributed by atoms with Crippen molar-refractivity contribution in [2.24, 2.45) is 5.92 Å². The predicted molar refractivity (Wildman–Crippen MR) is 94.5 cm³/mol. The lowest BCUT2D eigenvalue weighted by atomic mass is 10.2. The van der Waals surface area contributed by atoms with Crippen LogP contribution < -0.4 is 5.32 Å². The summed E-state index contributed by atoms with van der Waals surface area (Å²) in [4.78, 5) is 14.5. The van der Waals surface area contributed by atoms with E-state index in [1.165, 1.54) is 5.69 Å². The molecule has 0 fully saturated rings. The van der Waals surface area contributed by atoms with Gasteiger partial charge >= 0.3 is 0 Å². The average molecular weight is 336 g/mol. The lowest BCUT2D eigenvalue weighted by Gasteiger charge is -2.21. The highest BCUT2D eigenvalue weighted by Crippen LogP contribution is 2.15. The van der Waals surface area contributed by atoms with Gasteiger partial charge in [0.25, 0.3) is 0 Å². The number of nitrogens with one attached hydrogen (secondary N) is 1. The van der Waals surface area contributed by atoms with Crippen LogP contribution >= 0.6 is 0 Å². The minimum absolute atomic E-state index is 0.0429. The third-order valence-corrected chi connectivity index (χ3v) is 4.06. The standard InChI is InChI=1S/C18H32N4O2/c1-13(2)11-21-7-6-8-22-17(12-21)9-16(20-22)10-19-18(23)15(5)24-14(3)4/h9,13-15H,6-8,10-12H2,1-5H3,(H,19,23). The second-order valence-electron chi connectivity index (χ2n) is 7.38. The van der Waals surface area contributed by atoms with Crippen LogP contribution in [0.15, 0.2) is 6.07 Å². The summed E-state index contributed by atoms with van der Waals surface area (Å²) >= 11 is 0. The number of amides is 1. The molecule has 1 atom stereocenters. The van der Waals surface area contributed by atoms with Gasteiger partial charge in [0.2, 0.25) is 5.91 Å². The Morgan fingerprint density at radius 1 is 1.29 bits per heavy atom. The topological polar surface area (TPSA) is 59.4 Å². The fourth-order valence-corrected chi connectivity index (χ4v) is 3.14. The van der Waals surface area contributed by atoms with Crippen LogP contribution in [0.4, 0.5) is 0 Å². The number of rotatable bonds is 7. The van der Waals surface area contributed by atoms with E-state index in [9.17, 15) is 4.79 Å². The van der Waals surface area contributed by atoms with E-state index in [1.54, 1.807) is 6.92 Å². The van der Waals surface area contributed by atoms with E-state index in [1.807, 2.05) is 13.8 Å². The molecule has 0 aliphatic carbocycles. The van der Waals surface area contributed by atoms with Crippen LogP contribution in [-0.4, -0.2) is 45.9 Å². The van der Waals surface area contributed by atoms with Gasteiger partial charge in [0.15, 0.2) is 0 Å². The fourth-order valence-electron chi connectivity index (χ4n) is 3.14. The first-order valence-electron chi connectivity index (χ1n) is 9.06. The summed E-state index contributed by atoms with van der Waals surface area (Å²) in [6, 6.07) is 2.12. The summed E-state index contributed by atoms with van der Waals surface area (Å²) in [7, 11) is 0. The number of aryl methyl sites for hydroxylation is 1. The fraction of sp³-hybridized carbons (Fsp3) is 0.778. The number of aromatic nitrogens is 2. The average Bonchev–Trinajstić information content (AvgIpc) is 2.76. The Hall–Kier alpha value is -1.40. The van der Waals surface area contributed by atoms with Crippen molar-refractivity contribution in [1.82, 2.24) is 20.0 Å². The van der Waals surface area contributed by atoms with Gasteiger partial charge in [-0.2, -0.15) is 5.10 Å². The first-order valence-corrected chi connectivity index (χ1v) is 9.06. The summed E-state index contributed by atoms with van der Waals surface area (Å²) in [6.07, 6.45) is 0.722. The quantitative estimate of drug-likeness (QED) is 0.829. The maximum atomic E-state index is 12.0. The van der Waals surface area contributed by atoms with Crippen LogP contribution in [0.5, 0.6) is 0 Å². The molecular formula is C18H32N4O2. The first-order chi connectivity index (χ1) is 11.3. The Balaban J connectivity index is 1.91. The van der Waals surface area contributed by atoms with E-state index in [2.05, 4.69) is 39.9 Å². The number of nitrogens with zero attached hydrogens (tertiary/aromatic N) is 3. The number of fused-ring (bicyclic) bond motifs is 1. The lowest BCUT2D eigenvalue weighted by molar-refractivity contribution is -0.134. The normalized spacial score (nSPS) is 17.0. The molecule has 24 heavy (non-hydrogen) atoms. The maximum Gasteiger partial charge on any atom is 0.249 e. The molecule has 1 unspecified atom stereocenters. The van der Waals surface area contributed by atoms with Crippen LogP contribution in [0.3, 0.4) is 0 Å². The van der Waals surface area contributed by atoms with Crippen molar-refractivity contribution in [3.05, 3.63) is 17.5 Å². The van der Waals surface area contributed by atoms with E-state index >= 15 is 0 Å². The highest BCUT2D eigenvalue weighted by atomic mass is 16.5. The molecule has 0 saturated carbocycles. The van der Waals surface area contributed by atoms with Gasteiger partial charge in [-0.15, -0.1) is 0 Å². The lowest BCUT2D eigenvalue weighted by Crippen LogP contribution is -2.35. The molecule has 0 aromatic carbocycles. The van der Waals surface area contributed by atoms with Crippen molar-refractivity contribution in [2.45, 2.75) is 72.9 Å². The second kappa shape index (κ2) is 8.62. The number of hydrogen-bond acceptors (Lipinski definition) is 4. The molecule has 136 valence electrons. The predicted octanol–water partition coefficient (Wildman–Crippen LogP) is 2.17. The zero-order valence-corrected chi connectivity index (χ0v) is 15.7. The Morgan fingerprint density at radius 3 is 2.71 bits per heavy atom. The molecule has 1 aliphatic rings. The first kappa shape index (κ1) is 18.9. The van der Waals surface area contributed by atoms with Gasteiger partial charge in [-0.3, -0.25) is 14.4 Å². The summed E-state index contributed by atoms with van der Waals surface area (Å²) in [5.74, 6) is 0.578. The van der Waals surface area contributed by atoms with Gasteiger partial charge in [-0.25, -0.2) is 0 Å². The van der Waals surface area contributed by atoms with Gasteiger partial charge in [-0.05, 0) is 39.2 Å². The van der Waals surface area contributed by atoms with Crippen LogP contribution in [0.25, 0.3) is 0 Å². The molecule has 0 radical (unpaired) electrons. The number of ether oxygens (including phenoxy) is 1. The van der Waals surface area contributed by atoms with Gasteiger partial charge in [0, 0.05) is 26.2 Å². The molecule has 1 aromatic heterocycles. The van der Waals surface area contributed by atoms with Crippen molar-refractivity contribution in [3.63, 3.8) is 0 Å². The van der Waals surface area contributed by atoms with Crippen LogP contribution in [0.2, 0.25) is 0 Å². The van der Waals surface area contributed by atoms with Crippen molar-refractivity contribution in [3.8, 4) is 0 Å². The smallest absolute Gasteiger partial charge is 0.249 e. The SMILES string of the molecule is CC(C)CN1CCCn2nc(CNC(=O)C(C)OC(C)C)cc2C1. The van der Waals surface area contributed by atoms with Gasteiger partial charge in [0.05, 0.1) is 24.0 Å². The van der Waals surface area contributed by atoms with E-state index in [0.717, 1.165) is 38.3 Å². The summed E-state index contributed by atoms with van der Waals surface area (Å²) in [6.45, 7) is 14.7. The molecule has 2 heterocycles. The number of hydrogen-bond donors (Lipinski definition) is 1. The van der Waals surface area contributed by atoms with E-state index in [-0.39, 0.29) is 12.0 Å².